The number of nitrogens with zero attached hydrogens (tertiary/aromatic N) is 2. The van der Waals surface area contributed by atoms with E-state index in [9.17, 15) is 4.39 Å². The lowest BCUT2D eigenvalue weighted by molar-refractivity contribution is 0.632. The number of anilines is 2. The first-order valence-electron chi connectivity index (χ1n) is 5.21. The van der Waals surface area contributed by atoms with Crippen molar-refractivity contribution in [2.45, 2.75) is 13.8 Å². The Morgan fingerprint density at radius 1 is 1.17 bits per heavy atom. The second kappa shape index (κ2) is 5.08. The average Bonchev–Trinajstić information content (AvgIpc) is 2.30. The van der Waals surface area contributed by atoms with Gasteiger partial charge in [-0.05, 0) is 26.0 Å². The minimum absolute atomic E-state index is 0.177. The molecule has 18 heavy (non-hydrogen) atoms. The Morgan fingerprint density at radius 3 is 2.56 bits per heavy atom. The van der Waals surface area contributed by atoms with Crippen LogP contribution in [0.15, 0.2) is 18.2 Å². The molecule has 0 radical (unpaired) electrons. The van der Waals surface area contributed by atoms with Crippen LogP contribution < -0.4 is 5.32 Å². The van der Waals surface area contributed by atoms with E-state index in [1.165, 1.54) is 12.1 Å². The third kappa shape index (κ3) is 2.54. The first-order valence-corrected chi connectivity index (χ1v) is 5.96. The molecule has 0 aliphatic rings. The van der Waals surface area contributed by atoms with Crippen LogP contribution in [-0.4, -0.2) is 9.97 Å². The second-order valence-electron chi connectivity index (χ2n) is 3.76. The number of nitrogens with one attached hydrogen (secondary N) is 1. The number of halogens is 3. The smallest absolute Gasteiger partial charge is 0.148 e. The molecule has 2 rings (SSSR count). The summed E-state index contributed by atoms with van der Waals surface area (Å²) < 4.78 is 13.6. The van der Waals surface area contributed by atoms with Crippen LogP contribution in [-0.2, 0) is 0 Å². The van der Waals surface area contributed by atoms with E-state index >= 15 is 0 Å². The van der Waals surface area contributed by atoms with Crippen LogP contribution in [0.25, 0.3) is 0 Å². The molecule has 0 amide bonds. The zero-order valence-electron chi connectivity index (χ0n) is 9.76. The normalized spacial score (nSPS) is 10.5. The van der Waals surface area contributed by atoms with Crippen LogP contribution in [0.4, 0.5) is 15.9 Å². The predicted molar refractivity (Wildman–Crippen MR) is 71.2 cm³/mol. The lowest BCUT2D eigenvalue weighted by Crippen LogP contribution is -2.03. The predicted octanol–water partition coefficient (Wildman–Crippen LogP) is 4.28. The highest BCUT2D eigenvalue weighted by atomic mass is 35.5. The molecule has 0 fully saturated rings. The van der Waals surface area contributed by atoms with Crippen molar-refractivity contribution >= 4 is 34.7 Å². The molecule has 0 aliphatic heterocycles. The molecule has 1 aromatic carbocycles. The Morgan fingerprint density at radius 2 is 1.89 bits per heavy atom. The summed E-state index contributed by atoms with van der Waals surface area (Å²) in [5, 5.41) is 3.46. The summed E-state index contributed by atoms with van der Waals surface area (Å²) in [4.78, 5) is 8.19. The van der Waals surface area contributed by atoms with Gasteiger partial charge in [-0.3, -0.25) is 0 Å². The van der Waals surface area contributed by atoms with E-state index in [-0.39, 0.29) is 10.7 Å². The molecule has 94 valence electrons. The number of rotatable bonds is 2. The topological polar surface area (TPSA) is 37.8 Å². The zero-order chi connectivity index (χ0) is 13.3. The summed E-state index contributed by atoms with van der Waals surface area (Å²) in [6, 6.07) is 4.45. The molecule has 0 bridgehead atoms. The molecule has 1 N–H and O–H groups in total. The van der Waals surface area contributed by atoms with E-state index in [0.29, 0.717) is 22.4 Å². The molecule has 0 spiro atoms. The van der Waals surface area contributed by atoms with Gasteiger partial charge in [0.15, 0.2) is 0 Å². The van der Waals surface area contributed by atoms with E-state index in [2.05, 4.69) is 15.3 Å². The van der Waals surface area contributed by atoms with Gasteiger partial charge in [0.2, 0.25) is 0 Å². The van der Waals surface area contributed by atoms with E-state index in [0.717, 1.165) is 0 Å². The summed E-state index contributed by atoms with van der Waals surface area (Å²) >= 11 is 11.9. The largest absolute Gasteiger partial charge is 0.336 e. The molecular formula is C12H10Cl2FN3. The Hall–Kier alpha value is -1.39. The molecule has 0 saturated carbocycles. The van der Waals surface area contributed by atoms with Crippen molar-refractivity contribution in [2.75, 3.05) is 5.32 Å². The summed E-state index contributed by atoms with van der Waals surface area (Å²) in [5.41, 5.74) is 0.818. The maximum Gasteiger partial charge on any atom is 0.148 e. The van der Waals surface area contributed by atoms with Gasteiger partial charge in [-0.1, -0.05) is 29.3 Å². The average molecular weight is 286 g/mol. The maximum atomic E-state index is 13.6. The van der Waals surface area contributed by atoms with E-state index in [1.54, 1.807) is 19.9 Å². The van der Waals surface area contributed by atoms with Gasteiger partial charge in [0, 0.05) is 5.56 Å². The SMILES string of the molecule is Cc1nc(Cl)c(C)c(Nc2c(F)cccc2Cl)n1. The van der Waals surface area contributed by atoms with Crippen molar-refractivity contribution in [1.29, 1.82) is 0 Å². The quantitative estimate of drug-likeness (QED) is 0.837. The van der Waals surface area contributed by atoms with E-state index in [1.807, 2.05) is 0 Å². The second-order valence-corrected chi connectivity index (χ2v) is 4.52. The fourth-order valence-electron chi connectivity index (χ4n) is 1.45. The highest BCUT2D eigenvalue weighted by Crippen LogP contribution is 2.30. The van der Waals surface area contributed by atoms with Crippen LogP contribution >= 0.6 is 23.2 Å². The van der Waals surface area contributed by atoms with E-state index in [4.69, 9.17) is 23.2 Å². The van der Waals surface area contributed by atoms with Crippen LogP contribution in [0.5, 0.6) is 0 Å². The molecule has 0 aliphatic carbocycles. The lowest BCUT2D eigenvalue weighted by Gasteiger charge is -2.12. The Balaban J connectivity index is 2.46. The summed E-state index contributed by atoms with van der Waals surface area (Å²) in [6.07, 6.45) is 0. The molecule has 6 heteroatoms. The number of hydrogen-bond acceptors (Lipinski definition) is 3. The number of para-hydroxylation sites is 1. The Kier molecular flexibility index (Phi) is 3.68. The number of aromatic nitrogens is 2. The Labute approximate surface area is 114 Å². The third-order valence-corrected chi connectivity index (χ3v) is 3.09. The van der Waals surface area contributed by atoms with Gasteiger partial charge in [0.1, 0.15) is 22.6 Å². The standard InChI is InChI=1S/C12H10Cl2FN3/c1-6-11(14)16-7(2)17-12(6)18-10-8(13)4-3-5-9(10)15/h3-5H,1-2H3,(H,16,17,18). The molecule has 0 saturated heterocycles. The Bertz CT molecular complexity index is 582. The number of benzene rings is 1. The highest BCUT2D eigenvalue weighted by Gasteiger charge is 2.12. The van der Waals surface area contributed by atoms with Crippen molar-refractivity contribution in [1.82, 2.24) is 9.97 Å². The van der Waals surface area contributed by atoms with Crippen molar-refractivity contribution in [3.8, 4) is 0 Å². The fraction of sp³-hybridized carbons (Fsp3) is 0.167. The number of hydrogen-bond donors (Lipinski definition) is 1. The number of aryl methyl sites for hydroxylation is 1. The van der Waals surface area contributed by atoms with Crippen LogP contribution in [0.2, 0.25) is 10.2 Å². The van der Waals surface area contributed by atoms with Crippen molar-refractivity contribution in [2.24, 2.45) is 0 Å². The van der Waals surface area contributed by atoms with Crippen LogP contribution in [0, 0.1) is 19.7 Å². The minimum Gasteiger partial charge on any atom is -0.336 e. The van der Waals surface area contributed by atoms with Crippen LogP contribution in [0.1, 0.15) is 11.4 Å². The zero-order valence-corrected chi connectivity index (χ0v) is 11.3. The molecule has 2 aromatic rings. The van der Waals surface area contributed by atoms with Gasteiger partial charge in [0.25, 0.3) is 0 Å². The minimum atomic E-state index is -0.450. The van der Waals surface area contributed by atoms with Gasteiger partial charge < -0.3 is 5.32 Å². The van der Waals surface area contributed by atoms with Crippen molar-refractivity contribution in [3.05, 3.63) is 45.6 Å². The first kappa shape index (κ1) is 13.1. The van der Waals surface area contributed by atoms with Gasteiger partial charge in [-0.2, -0.15) is 0 Å². The maximum absolute atomic E-state index is 13.6. The van der Waals surface area contributed by atoms with Crippen molar-refractivity contribution in [3.63, 3.8) is 0 Å². The molecular weight excluding hydrogens is 276 g/mol. The highest BCUT2D eigenvalue weighted by molar-refractivity contribution is 6.33. The van der Waals surface area contributed by atoms with Gasteiger partial charge in [0.05, 0.1) is 10.7 Å². The summed E-state index contributed by atoms with van der Waals surface area (Å²) in [5.74, 6) is 0.495. The first-order chi connectivity index (χ1) is 8.49. The van der Waals surface area contributed by atoms with Gasteiger partial charge >= 0.3 is 0 Å². The molecule has 1 aromatic heterocycles. The molecule has 1 heterocycles. The van der Waals surface area contributed by atoms with Crippen molar-refractivity contribution < 1.29 is 4.39 Å². The molecule has 0 unspecified atom stereocenters. The van der Waals surface area contributed by atoms with Crippen LogP contribution in [0.3, 0.4) is 0 Å². The third-order valence-electron chi connectivity index (χ3n) is 2.40. The fourth-order valence-corrected chi connectivity index (χ4v) is 1.87. The lowest BCUT2D eigenvalue weighted by atomic mass is 10.2. The molecule has 3 nitrogen and oxygen atoms in total. The molecule has 0 atom stereocenters. The van der Waals surface area contributed by atoms with E-state index < -0.39 is 5.82 Å². The van der Waals surface area contributed by atoms with Gasteiger partial charge in [-0.25, -0.2) is 14.4 Å². The van der Waals surface area contributed by atoms with Gasteiger partial charge in [-0.15, -0.1) is 0 Å². The summed E-state index contributed by atoms with van der Waals surface area (Å²) in [7, 11) is 0. The summed E-state index contributed by atoms with van der Waals surface area (Å²) in [6.45, 7) is 3.46. The monoisotopic (exact) mass is 285 g/mol.